The number of nitrogens with two attached hydrogens (primary N) is 1. The van der Waals surface area contributed by atoms with Gasteiger partial charge in [-0.05, 0) is 30.7 Å². The number of nitrogens with zero attached hydrogens (tertiary/aromatic N) is 2. The summed E-state index contributed by atoms with van der Waals surface area (Å²) in [5.74, 6) is 9.42. The van der Waals surface area contributed by atoms with Crippen molar-refractivity contribution in [2.45, 2.75) is 32.4 Å². The van der Waals surface area contributed by atoms with Gasteiger partial charge in [-0.25, -0.2) is 10.9 Å². The Hall–Kier alpha value is -3.18. The fraction of sp³-hybridized carbons (Fsp3) is 0.250. The second-order valence-electron chi connectivity index (χ2n) is 5.93. The van der Waals surface area contributed by atoms with Crippen LogP contribution in [0.2, 0.25) is 0 Å². The molecule has 2 amide bonds. The van der Waals surface area contributed by atoms with Gasteiger partial charge in [0.15, 0.2) is 0 Å². The first-order chi connectivity index (χ1) is 13.2. The average molecular weight is 389 g/mol. The molecule has 2 rings (SSSR count). The highest BCUT2D eigenvalue weighted by atomic mass is 19.4. The molecule has 1 aromatic carbocycles. The van der Waals surface area contributed by atoms with E-state index in [9.17, 15) is 22.8 Å². The van der Waals surface area contributed by atoms with Gasteiger partial charge >= 0.3 is 6.18 Å². The summed E-state index contributed by atoms with van der Waals surface area (Å²) < 4.78 is 38.4. The molecule has 146 valence electrons. The normalized spacial score (nSPS) is 10.8. The zero-order valence-electron chi connectivity index (χ0n) is 15.1. The van der Waals surface area contributed by atoms with E-state index in [4.69, 9.17) is 5.84 Å². The van der Waals surface area contributed by atoms with Crippen LogP contribution in [0, 0.1) is 11.8 Å². The lowest BCUT2D eigenvalue weighted by Crippen LogP contribution is -2.42. The van der Waals surface area contributed by atoms with E-state index in [-0.39, 0.29) is 16.1 Å². The van der Waals surface area contributed by atoms with Crippen molar-refractivity contribution in [3.8, 4) is 11.8 Å². The standard InChI is InChI=1S/C20H18F3N3O2/c1-2-3-4-5-7-14-10-16(13-25-12-14)19(28)26(24)18(27)15-8-6-9-17(11-15)20(21,22)23/h6,8-13H,2-4,24H2,1H3. The molecule has 0 fully saturated rings. The number of amides is 2. The summed E-state index contributed by atoms with van der Waals surface area (Å²) in [4.78, 5) is 28.7. The molecular formula is C20H18F3N3O2. The van der Waals surface area contributed by atoms with Crippen molar-refractivity contribution >= 4 is 11.8 Å². The third-order valence-corrected chi connectivity index (χ3v) is 3.75. The number of unbranched alkanes of at least 4 members (excludes halogenated alkanes) is 2. The summed E-state index contributed by atoms with van der Waals surface area (Å²) in [5, 5.41) is 0.265. The Bertz CT molecular complexity index is 930. The number of pyridine rings is 1. The fourth-order valence-electron chi connectivity index (χ4n) is 2.25. The highest BCUT2D eigenvalue weighted by Gasteiger charge is 2.31. The van der Waals surface area contributed by atoms with Crippen LogP contribution in [-0.2, 0) is 6.18 Å². The zero-order chi connectivity index (χ0) is 20.7. The summed E-state index contributed by atoms with van der Waals surface area (Å²) in [7, 11) is 0. The summed E-state index contributed by atoms with van der Waals surface area (Å²) in [6.45, 7) is 2.04. The molecule has 8 heteroatoms. The number of imide groups is 1. The van der Waals surface area contributed by atoms with Crippen molar-refractivity contribution in [2.24, 2.45) is 5.84 Å². The van der Waals surface area contributed by atoms with Crippen molar-refractivity contribution < 1.29 is 22.8 Å². The van der Waals surface area contributed by atoms with Crippen molar-refractivity contribution in [1.29, 1.82) is 0 Å². The molecule has 0 radical (unpaired) electrons. The summed E-state index contributed by atoms with van der Waals surface area (Å²) >= 11 is 0. The Balaban J connectivity index is 2.20. The molecule has 0 bridgehead atoms. The molecule has 0 spiro atoms. The van der Waals surface area contributed by atoms with Crippen LogP contribution in [0.15, 0.2) is 42.7 Å². The van der Waals surface area contributed by atoms with Crippen molar-refractivity contribution in [2.75, 3.05) is 0 Å². The Labute approximate surface area is 160 Å². The Kier molecular flexibility index (Phi) is 6.90. The zero-order valence-corrected chi connectivity index (χ0v) is 15.1. The predicted octanol–water partition coefficient (Wildman–Crippen LogP) is 3.80. The number of carbonyl (C=O) groups excluding carboxylic acids is 2. The van der Waals surface area contributed by atoms with Gasteiger partial charge in [0.05, 0.1) is 11.1 Å². The molecule has 0 atom stereocenters. The van der Waals surface area contributed by atoms with Gasteiger partial charge in [0.1, 0.15) is 0 Å². The van der Waals surface area contributed by atoms with E-state index in [0.717, 1.165) is 31.0 Å². The summed E-state index contributed by atoms with van der Waals surface area (Å²) in [6.07, 6.45) is 0.705. The van der Waals surface area contributed by atoms with Gasteiger partial charge in [-0.15, -0.1) is 0 Å². The topological polar surface area (TPSA) is 76.3 Å². The number of halogens is 3. The van der Waals surface area contributed by atoms with Crippen LogP contribution in [0.1, 0.15) is 58.0 Å². The highest BCUT2D eigenvalue weighted by molar-refractivity contribution is 6.09. The Morgan fingerprint density at radius 1 is 1.14 bits per heavy atom. The number of hydrogen-bond donors (Lipinski definition) is 1. The van der Waals surface area contributed by atoms with Crippen LogP contribution in [0.5, 0.6) is 0 Å². The first-order valence-corrected chi connectivity index (χ1v) is 8.48. The molecule has 2 aromatic rings. The lowest BCUT2D eigenvalue weighted by Gasteiger charge is -2.16. The second kappa shape index (κ2) is 9.15. The number of aromatic nitrogens is 1. The quantitative estimate of drug-likeness (QED) is 0.216. The molecule has 1 aromatic heterocycles. The maximum Gasteiger partial charge on any atom is 0.416 e. The molecule has 0 unspecified atom stereocenters. The van der Waals surface area contributed by atoms with Crippen LogP contribution in [-0.4, -0.2) is 21.8 Å². The molecule has 2 N–H and O–H groups in total. The Morgan fingerprint density at radius 3 is 2.54 bits per heavy atom. The van der Waals surface area contributed by atoms with Crippen LogP contribution in [0.4, 0.5) is 13.2 Å². The fourth-order valence-corrected chi connectivity index (χ4v) is 2.25. The highest BCUT2D eigenvalue weighted by Crippen LogP contribution is 2.29. The van der Waals surface area contributed by atoms with Crippen LogP contribution in [0.3, 0.4) is 0 Å². The maximum absolute atomic E-state index is 12.8. The second-order valence-corrected chi connectivity index (χ2v) is 5.93. The number of hydrazine groups is 1. The maximum atomic E-state index is 12.8. The van der Waals surface area contributed by atoms with Crippen molar-refractivity contribution in [3.63, 3.8) is 0 Å². The number of carbonyl (C=O) groups is 2. The molecule has 0 saturated carbocycles. The van der Waals surface area contributed by atoms with Gasteiger partial charge < -0.3 is 0 Å². The minimum absolute atomic E-state index is 0.00474. The first kappa shape index (κ1) is 21.1. The Morgan fingerprint density at radius 2 is 1.86 bits per heavy atom. The monoisotopic (exact) mass is 389 g/mol. The van der Waals surface area contributed by atoms with E-state index < -0.39 is 23.6 Å². The molecule has 5 nitrogen and oxygen atoms in total. The lowest BCUT2D eigenvalue weighted by atomic mass is 10.1. The summed E-state index contributed by atoms with van der Waals surface area (Å²) in [6, 6.07) is 5.11. The SMILES string of the molecule is CCCCC#Cc1cncc(C(=O)N(N)C(=O)c2cccc(C(F)(F)F)c2)c1. The minimum Gasteiger partial charge on any atom is -0.267 e. The third kappa shape index (κ3) is 5.41. The van der Waals surface area contributed by atoms with Gasteiger partial charge in [-0.2, -0.15) is 13.2 Å². The van der Waals surface area contributed by atoms with Gasteiger partial charge in [0.2, 0.25) is 0 Å². The smallest absolute Gasteiger partial charge is 0.267 e. The lowest BCUT2D eigenvalue weighted by molar-refractivity contribution is -0.137. The number of rotatable bonds is 4. The van der Waals surface area contributed by atoms with Crippen LogP contribution in [0.25, 0.3) is 0 Å². The van der Waals surface area contributed by atoms with Gasteiger partial charge in [-0.3, -0.25) is 14.6 Å². The van der Waals surface area contributed by atoms with Crippen molar-refractivity contribution in [3.05, 3.63) is 65.0 Å². The number of alkyl halides is 3. The molecule has 1 heterocycles. The van der Waals surface area contributed by atoms with E-state index in [0.29, 0.717) is 18.1 Å². The molecule has 28 heavy (non-hydrogen) atoms. The van der Waals surface area contributed by atoms with Crippen LogP contribution >= 0.6 is 0 Å². The third-order valence-electron chi connectivity index (χ3n) is 3.75. The predicted molar refractivity (Wildman–Crippen MR) is 96.8 cm³/mol. The van der Waals surface area contributed by atoms with Crippen molar-refractivity contribution in [1.82, 2.24) is 9.99 Å². The molecule has 0 aliphatic carbocycles. The van der Waals surface area contributed by atoms with E-state index in [2.05, 4.69) is 16.8 Å². The van der Waals surface area contributed by atoms with E-state index in [1.165, 1.54) is 18.5 Å². The summed E-state index contributed by atoms with van der Waals surface area (Å²) in [5.41, 5.74) is -0.883. The van der Waals surface area contributed by atoms with Crippen LogP contribution < -0.4 is 5.84 Å². The number of hydrogen-bond acceptors (Lipinski definition) is 4. The average Bonchev–Trinajstić information content (AvgIpc) is 2.69. The van der Waals surface area contributed by atoms with E-state index >= 15 is 0 Å². The van der Waals surface area contributed by atoms with Gasteiger partial charge in [0, 0.05) is 29.9 Å². The van der Waals surface area contributed by atoms with E-state index in [1.807, 2.05) is 6.92 Å². The molecule has 0 aliphatic heterocycles. The molecule has 0 aliphatic rings. The molecular weight excluding hydrogens is 371 g/mol. The minimum atomic E-state index is -4.62. The van der Waals surface area contributed by atoms with E-state index in [1.54, 1.807) is 0 Å². The van der Waals surface area contributed by atoms with Gasteiger partial charge in [-0.1, -0.05) is 31.3 Å². The molecule has 0 saturated heterocycles. The first-order valence-electron chi connectivity index (χ1n) is 8.48. The number of benzene rings is 1. The van der Waals surface area contributed by atoms with Gasteiger partial charge in [0.25, 0.3) is 11.8 Å². The largest absolute Gasteiger partial charge is 0.416 e.